The first-order valence-electron chi connectivity index (χ1n) is 9.89. The topological polar surface area (TPSA) is 49.0 Å². The van der Waals surface area contributed by atoms with Gasteiger partial charge in [-0.05, 0) is 73.1 Å². The monoisotopic (exact) mass is 375 g/mol. The van der Waals surface area contributed by atoms with E-state index >= 15 is 0 Å². The van der Waals surface area contributed by atoms with Gasteiger partial charge in [0.25, 0.3) is 5.91 Å². The van der Waals surface area contributed by atoms with E-state index in [4.69, 9.17) is 0 Å². The summed E-state index contributed by atoms with van der Waals surface area (Å²) >= 11 is 0. The quantitative estimate of drug-likeness (QED) is 0.736. The largest absolute Gasteiger partial charge is 0.332 e. The fourth-order valence-electron chi connectivity index (χ4n) is 4.21. The Labute approximate surface area is 163 Å². The molecule has 142 valence electrons. The molecule has 5 rings (SSSR count). The smallest absolute Gasteiger partial charge is 0.254 e. The lowest BCUT2D eigenvalue weighted by Gasteiger charge is -2.34. The molecule has 2 aliphatic carbocycles. The first-order chi connectivity index (χ1) is 13.7. The molecule has 1 N–H and O–H groups in total. The molecular weight excluding hydrogens is 353 g/mol. The standard InChI is InChI=1S/C23H22FN3O/c24-19-7-5-16(6-8-19)15-1-3-17(4-2-15)23(28)27(20-9-10-20)21-11-12-22-18(13-21)14-25-26-22/h1-8,14,20-21H,9-13H2,(H,25,26). The number of amides is 1. The highest BCUT2D eigenvalue weighted by Crippen LogP contribution is 2.34. The third-order valence-corrected chi connectivity index (χ3v) is 5.87. The molecule has 1 fully saturated rings. The highest BCUT2D eigenvalue weighted by atomic mass is 19.1. The van der Waals surface area contributed by atoms with Crippen molar-refractivity contribution in [1.82, 2.24) is 15.1 Å². The van der Waals surface area contributed by atoms with Crippen LogP contribution in [0.15, 0.2) is 54.7 Å². The summed E-state index contributed by atoms with van der Waals surface area (Å²) in [7, 11) is 0. The van der Waals surface area contributed by atoms with Crippen molar-refractivity contribution in [3.05, 3.63) is 77.4 Å². The molecule has 0 spiro atoms. The van der Waals surface area contributed by atoms with Crippen LogP contribution in [0.25, 0.3) is 11.1 Å². The molecule has 2 aromatic carbocycles. The zero-order chi connectivity index (χ0) is 19.1. The highest BCUT2D eigenvalue weighted by molar-refractivity contribution is 5.95. The maximum Gasteiger partial charge on any atom is 0.254 e. The normalized spacial score (nSPS) is 18.5. The van der Waals surface area contributed by atoms with E-state index in [9.17, 15) is 9.18 Å². The maximum absolute atomic E-state index is 13.3. The van der Waals surface area contributed by atoms with Crippen LogP contribution in [0, 0.1) is 5.82 Å². The minimum Gasteiger partial charge on any atom is -0.332 e. The van der Waals surface area contributed by atoms with Crippen LogP contribution in [0.2, 0.25) is 0 Å². The summed E-state index contributed by atoms with van der Waals surface area (Å²) in [6.45, 7) is 0. The van der Waals surface area contributed by atoms with Gasteiger partial charge in [0.05, 0.1) is 6.20 Å². The summed E-state index contributed by atoms with van der Waals surface area (Å²) < 4.78 is 13.1. The van der Waals surface area contributed by atoms with Gasteiger partial charge < -0.3 is 4.90 Å². The molecule has 0 bridgehead atoms. The minimum atomic E-state index is -0.246. The summed E-state index contributed by atoms with van der Waals surface area (Å²) in [6.07, 6.45) is 6.88. The molecule has 0 aliphatic heterocycles. The number of nitrogens with zero attached hydrogens (tertiary/aromatic N) is 2. The number of carbonyl (C=O) groups excluding carboxylic acids is 1. The van der Waals surface area contributed by atoms with Crippen molar-refractivity contribution in [3.63, 3.8) is 0 Å². The Morgan fingerprint density at radius 3 is 2.32 bits per heavy atom. The molecule has 28 heavy (non-hydrogen) atoms. The molecule has 1 unspecified atom stereocenters. The van der Waals surface area contributed by atoms with Crippen molar-refractivity contribution in [3.8, 4) is 11.1 Å². The molecular formula is C23H22FN3O. The average Bonchev–Trinajstić information content (AvgIpc) is 3.44. The lowest BCUT2D eigenvalue weighted by atomic mass is 9.91. The van der Waals surface area contributed by atoms with Gasteiger partial charge in [-0.15, -0.1) is 0 Å². The molecule has 1 atom stereocenters. The summed E-state index contributed by atoms with van der Waals surface area (Å²) in [5, 5.41) is 7.22. The van der Waals surface area contributed by atoms with Crippen molar-refractivity contribution in [1.29, 1.82) is 0 Å². The van der Waals surface area contributed by atoms with E-state index < -0.39 is 0 Å². The number of benzene rings is 2. The third kappa shape index (κ3) is 3.21. The number of nitrogens with one attached hydrogen (secondary N) is 1. The predicted octanol–water partition coefficient (Wildman–Crippen LogP) is 4.38. The van der Waals surface area contributed by atoms with E-state index in [1.807, 2.05) is 30.5 Å². The number of aryl methyl sites for hydroxylation is 1. The van der Waals surface area contributed by atoms with E-state index in [2.05, 4.69) is 15.1 Å². The Kier molecular flexibility index (Phi) is 4.23. The van der Waals surface area contributed by atoms with Gasteiger partial charge in [0, 0.05) is 23.3 Å². The van der Waals surface area contributed by atoms with Gasteiger partial charge in [-0.25, -0.2) is 4.39 Å². The fourth-order valence-corrected chi connectivity index (χ4v) is 4.21. The second-order valence-corrected chi connectivity index (χ2v) is 7.80. The number of hydrogen-bond acceptors (Lipinski definition) is 2. The minimum absolute atomic E-state index is 0.116. The Morgan fingerprint density at radius 2 is 1.64 bits per heavy atom. The number of aromatic nitrogens is 2. The number of halogens is 1. The molecule has 2 aliphatic rings. The number of aromatic amines is 1. The average molecular weight is 375 g/mol. The van der Waals surface area contributed by atoms with Crippen molar-refractivity contribution in [2.24, 2.45) is 0 Å². The van der Waals surface area contributed by atoms with Gasteiger partial charge >= 0.3 is 0 Å². The summed E-state index contributed by atoms with van der Waals surface area (Å²) in [6, 6.07) is 14.7. The number of rotatable bonds is 4. The molecule has 5 heteroatoms. The van der Waals surface area contributed by atoms with Gasteiger partial charge in [-0.1, -0.05) is 24.3 Å². The van der Waals surface area contributed by atoms with E-state index in [1.54, 1.807) is 12.1 Å². The number of H-pyrrole nitrogens is 1. The number of carbonyl (C=O) groups is 1. The van der Waals surface area contributed by atoms with Gasteiger partial charge in [0.1, 0.15) is 5.82 Å². The second-order valence-electron chi connectivity index (χ2n) is 7.80. The molecule has 0 saturated heterocycles. The van der Waals surface area contributed by atoms with Crippen molar-refractivity contribution >= 4 is 5.91 Å². The van der Waals surface area contributed by atoms with E-state index in [0.717, 1.165) is 48.8 Å². The summed E-state index contributed by atoms with van der Waals surface area (Å²) in [5.74, 6) is -0.131. The van der Waals surface area contributed by atoms with Gasteiger partial charge in [0.2, 0.25) is 0 Å². The highest BCUT2D eigenvalue weighted by Gasteiger charge is 2.39. The van der Waals surface area contributed by atoms with Crippen molar-refractivity contribution < 1.29 is 9.18 Å². The van der Waals surface area contributed by atoms with Crippen LogP contribution >= 0.6 is 0 Å². The SMILES string of the molecule is O=C(c1ccc(-c2ccc(F)cc2)cc1)N(C1CC1)C1CCc2[nH]ncc2C1. The third-order valence-electron chi connectivity index (χ3n) is 5.87. The summed E-state index contributed by atoms with van der Waals surface area (Å²) in [4.78, 5) is 15.4. The van der Waals surface area contributed by atoms with Crippen molar-refractivity contribution in [2.45, 2.75) is 44.2 Å². The summed E-state index contributed by atoms with van der Waals surface area (Å²) in [5.41, 5.74) is 5.09. The van der Waals surface area contributed by atoms with Crippen LogP contribution in [0.4, 0.5) is 4.39 Å². The second kappa shape index (κ2) is 6.89. The Morgan fingerprint density at radius 1 is 0.964 bits per heavy atom. The van der Waals surface area contributed by atoms with Crippen molar-refractivity contribution in [2.75, 3.05) is 0 Å². The van der Waals surface area contributed by atoms with Gasteiger partial charge in [-0.3, -0.25) is 9.89 Å². The molecule has 1 amide bonds. The van der Waals surface area contributed by atoms with Crippen LogP contribution in [0.1, 0.15) is 40.9 Å². The Balaban J connectivity index is 1.37. The van der Waals surface area contributed by atoms with Crippen LogP contribution in [0.5, 0.6) is 0 Å². The molecule has 3 aromatic rings. The van der Waals surface area contributed by atoms with E-state index in [1.165, 1.54) is 23.4 Å². The fraction of sp³-hybridized carbons (Fsp3) is 0.304. The van der Waals surface area contributed by atoms with E-state index in [0.29, 0.717) is 6.04 Å². The number of hydrogen-bond donors (Lipinski definition) is 1. The lowest BCUT2D eigenvalue weighted by molar-refractivity contribution is 0.0643. The van der Waals surface area contributed by atoms with Crippen LogP contribution in [-0.4, -0.2) is 33.1 Å². The lowest BCUT2D eigenvalue weighted by Crippen LogP contribution is -2.44. The zero-order valence-electron chi connectivity index (χ0n) is 15.6. The first kappa shape index (κ1) is 17.2. The maximum atomic E-state index is 13.3. The van der Waals surface area contributed by atoms with E-state index in [-0.39, 0.29) is 17.8 Å². The molecule has 1 heterocycles. The molecule has 1 aromatic heterocycles. The molecule has 1 saturated carbocycles. The van der Waals surface area contributed by atoms with Gasteiger partial charge in [-0.2, -0.15) is 5.10 Å². The molecule has 4 nitrogen and oxygen atoms in total. The van der Waals surface area contributed by atoms with Crippen LogP contribution < -0.4 is 0 Å². The Hall–Kier alpha value is -2.95. The van der Waals surface area contributed by atoms with Crippen LogP contribution in [-0.2, 0) is 12.8 Å². The number of fused-ring (bicyclic) bond motifs is 1. The predicted molar refractivity (Wildman–Crippen MR) is 105 cm³/mol. The molecule has 0 radical (unpaired) electrons. The Bertz CT molecular complexity index is 989. The van der Waals surface area contributed by atoms with Gasteiger partial charge in [0.15, 0.2) is 0 Å². The first-order valence-corrected chi connectivity index (χ1v) is 9.89. The zero-order valence-corrected chi connectivity index (χ0v) is 15.6. The van der Waals surface area contributed by atoms with Crippen LogP contribution in [0.3, 0.4) is 0 Å².